The first-order valence-corrected chi connectivity index (χ1v) is 7.32. The third-order valence-electron chi connectivity index (χ3n) is 4.65. The van der Waals surface area contributed by atoms with Crippen molar-refractivity contribution < 1.29 is 13.9 Å². The van der Waals surface area contributed by atoms with Gasteiger partial charge in [-0.05, 0) is 37.6 Å². The highest BCUT2D eigenvalue weighted by Gasteiger charge is 2.52. The summed E-state index contributed by atoms with van der Waals surface area (Å²) in [7, 11) is 0. The predicted octanol–water partition coefficient (Wildman–Crippen LogP) is 1.59. The lowest BCUT2D eigenvalue weighted by atomic mass is 9.72. The van der Waals surface area contributed by atoms with E-state index in [9.17, 15) is 4.79 Å². The second kappa shape index (κ2) is 4.58. The van der Waals surface area contributed by atoms with Crippen molar-refractivity contribution in [3.8, 4) is 0 Å². The maximum absolute atomic E-state index is 12.4. The van der Waals surface area contributed by atoms with Crippen LogP contribution in [0.4, 0.5) is 0 Å². The minimum atomic E-state index is -0.106. The Morgan fingerprint density at radius 1 is 1.38 bits per heavy atom. The van der Waals surface area contributed by atoms with Crippen molar-refractivity contribution in [2.45, 2.75) is 31.5 Å². The van der Waals surface area contributed by atoms with E-state index in [2.05, 4.69) is 5.32 Å². The molecule has 5 heteroatoms. The number of hydrogen-bond acceptors (Lipinski definition) is 4. The Bertz CT molecular complexity index is 709. The van der Waals surface area contributed by atoms with Gasteiger partial charge in [0.15, 0.2) is 0 Å². The molecule has 1 amide bonds. The first-order chi connectivity index (χ1) is 10.1. The molecule has 1 aliphatic carbocycles. The van der Waals surface area contributed by atoms with E-state index in [-0.39, 0.29) is 24.1 Å². The molecule has 21 heavy (non-hydrogen) atoms. The van der Waals surface area contributed by atoms with Crippen LogP contribution in [0.25, 0.3) is 11.0 Å². The summed E-state index contributed by atoms with van der Waals surface area (Å²) in [6.45, 7) is 2.64. The molecule has 110 valence electrons. The Morgan fingerprint density at radius 3 is 3.10 bits per heavy atom. The normalized spacial score (nSPS) is 31.0. The Labute approximate surface area is 122 Å². The summed E-state index contributed by atoms with van der Waals surface area (Å²) in [6.07, 6.45) is 1.09. The zero-order valence-electron chi connectivity index (χ0n) is 11.8. The summed E-state index contributed by atoms with van der Waals surface area (Å²) >= 11 is 0. The van der Waals surface area contributed by atoms with E-state index in [4.69, 9.17) is 14.9 Å². The van der Waals surface area contributed by atoms with Crippen molar-refractivity contribution in [1.82, 2.24) is 5.32 Å². The maximum atomic E-state index is 12.4. The van der Waals surface area contributed by atoms with Crippen LogP contribution in [0.3, 0.4) is 0 Å². The number of aryl methyl sites for hydroxylation is 1. The Balaban J connectivity index is 1.53. The molecular weight excluding hydrogens is 268 g/mol. The molecule has 4 rings (SSSR count). The number of furan rings is 1. The SMILES string of the molecule is Cc1cc2cc(C(=O)N[C@@H]3[C@@H](N)[C@H]4CCO[C@H]43)ccc2o1. The summed E-state index contributed by atoms with van der Waals surface area (Å²) in [5.74, 6) is 1.13. The standard InChI is InChI=1S/C16H18N2O3/c1-8-6-10-7-9(2-3-12(10)21-8)16(19)18-14-13(17)11-4-5-20-15(11)14/h2-3,6-7,11,13-15H,4-5,17H2,1H3,(H,18,19)/t11-,13+,14-,15-/m1/s1. The monoisotopic (exact) mass is 286 g/mol. The molecule has 1 saturated carbocycles. The smallest absolute Gasteiger partial charge is 0.251 e. The minimum Gasteiger partial charge on any atom is -0.461 e. The van der Waals surface area contributed by atoms with Crippen molar-refractivity contribution >= 4 is 16.9 Å². The molecule has 3 N–H and O–H groups in total. The van der Waals surface area contributed by atoms with Crippen LogP contribution in [0.1, 0.15) is 22.5 Å². The van der Waals surface area contributed by atoms with Gasteiger partial charge in [0.2, 0.25) is 0 Å². The number of hydrogen-bond donors (Lipinski definition) is 2. The van der Waals surface area contributed by atoms with Crippen molar-refractivity contribution in [1.29, 1.82) is 0 Å². The van der Waals surface area contributed by atoms with Crippen LogP contribution in [-0.2, 0) is 4.74 Å². The van der Waals surface area contributed by atoms with Gasteiger partial charge in [0.25, 0.3) is 5.91 Å². The third-order valence-corrected chi connectivity index (χ3v) is 4.65. The average molecular weight is 286 g/mol. The summed E-state index contributed by atoms with van der Waals surface area (Å²) in [6, 6.07) is 7.30. The van der Waals surface area contributed by atoms with Gasteiger partial charge in [0, 0.05) is 29.5 Å². The number of nitrogens with one attached hydrogen (secondary N) is 1. The third kappa shape index (κ3) is 1.96. The van der Waals surface area contributed by atoms with Gasteiger partial charge in [-0.15, -0.1) is 0 Å². The van der Waals surface area contributed by atoms with Crippen LogP contribution in [0.2, 0.25) is 0 Å². The first kappa shape index (κ1) is 12.9. The van der Waals surface area contributed by atoms with Crippen molar-refractivity contribution in [3.63, 3.8) is 0 Å². The van der Waals surface area contributed by atoms with E-state index in [0.29, 0.717) is 11.5 Å². The van der Waals surface area contributed by atoms with Gasteiger partial charge in [-0.1, -0.05) is 0 Å². The van der Waals surface area contributed by atoms with Crippen molar-refractivity contribution in [2.24, 2.45) is 11.7 Å². The van der Waals surface area contributed by atoms with Gasteiger partial charge in [-0.3, -0.25) is 4.79 Å². The number of carbonyl (C=O) groups is 1. The Kier molecular flexibility index (Phi) is 2.80. The lowest BCUT2D eigenvalue weighted by molar-refractivity contribution is -0.0161. The molecule has 1 aliphatic heterocycles. The fourth-order valence-corrected chi connectivity index (χ4v) is 3.48. The summed E-state index contributed by atoms with van der Waals surface area (Å²) < 4.78 is 11.2. The van der Waals surface area contributed by atoms with Crippen LogP contribution in [0, 0.1) is 12.8 Å². The van der Waals surface area contributed by atoms with Crippen LogP contribution >= 0.6 is 0 Å². The lowest BCUT2D eigenvalue weighted by Crippen LogP contribution is -2.68. The van der Waals surface area contributed by atoms with Crippen molar-refractivity contribution in [2.75, 3.05) is 6.61 Å². The van der Waals surface area contributed by atoms with Crippen LogP contribution in [0.15, 0.2) is 28.7 Å². The maximum Gasteiger partial charge on any atom is 0.251 e. The van der Waals surface area contributed by atoms with E-state index in [1.165, 1.54) is 0 Å². The second-order valence-electron chi connectivity index (χ2n) is 5.97. The fraction of sp³-hybridized carbons (Fsp3) is 0.438. The van der Waals surface area contributed by atoms with Gasteiger partial charge in [-0.25, -0.2) is 0 Å². The van der Waals surface area contributed by atoms with Gasteiger partial charge >= 0.3 is 0 Å². The number of amides is 1. The minimum absolute atomic E-state index is 0.00125. The zero-order chi connectivity index (χ0) is 14.6. The van der Waals surface area contributed by atoms with Crippen molar-refractivity contribution in [3.05, 3.63) is 35.6 Å². The summed E-state index contributed by atoms with van der Waals surface area (Å²) in [5.41, 5.74) is 7.54. The number of rotatable bonds is 2. The largest absolute Gasteiger partial charge is 0.461 e. The molecule has 1 aromatic heterocycles. The second-order valence-corrected chi connectivity index (χ2v) is 5.97. The van der Waals surface area contributed by atoms with E-state index in [1.54, 1.807) is 6.07 Å². The summed E-state index contributed by atoms with van der Waals surface area (Å²) in [5, 5.41) is 3.94. The lowest BCUT2D eigenvalue weighted by Gasteiger charge is -2.45. The van der Waals surface area contributed by atoms with Gasteiger partial charge < -0.3 is 20.2 Å². The first-order valence-electron chi connectivity index (χ1n) is 7.32. The topological polar surface area (TPSA) is 77.5 Å². The number of carbonyl (C=O) groups excluding carboxylic acids is 1. The van der Waals surface area contributed by atoms with Crippen LogP contribution < -0.4 is 11.1 Å². The molecule has 2 aliphatic rings. The molecule has 1 saturated heterocycles. The predicted molar refractivity (Wildman–Crippen MR) is 78.0 cm³/mol. The molecule has 5 nitrogen and oxygen atoms in total. The molecule has 2 fully saturated rings. The molecule has 0 unspecified atom stereocenters. The number of ether oxygens (including phenoxy) is 1. The van der Waals surface area contributed by atoms with Crippen LogP contribution in [0.5, 0.6) is 0 Å². The molecule has 4 atom stereocenters. The van der Waals surface area contributed by atoms with E-state index in [1.807, 2.05) is 25.1 Å². The molecule has 0 radical (unpaired) electrons. The fourth-order valence-electron chi connectivity index (χ4n) is 3.48. The van der Waals surface area contributed by atoms with E-state index < -0.39 is 0 Å². The molecule has 1 aromatic carbocycles. The Hall–Kier alpha value is -1.85. The quantitative estimate of drug-likeness (QED) is 0.878. The molecular formula is C16H18N2O3. The van der Waals surface area contributed by atoms with Gasteiger partial charge in [-0.2, -0.15) is 0 Å². The van der Waals surface area contributed by atoms with Gasteiger partial charge in [0.05, 0.1) is 12.1 Å². The summed E-state index contributed by atoms with van der Waals surface area (Å²) in [4.78, 5) is 12.4. The highest BCUT2D eigenvalue weighted by atomic mass is 16.5. The molecule has 0 spiro atoms. The molecule has 2 heterocycles. The highest BCUT2D eigenvalue weighted by Crippen LogP contribution is 2.37. The highest BCUT2D eigenvalue weighted by molar-refractivity contribution is 5.98. The van der Waals surface area contributed by atoms with Gasteiger partial charge in [0.1, 0.15) is 11.3 Å². The Morgan fingerprint density at radius 2 is 2.24 bits per heavy atom. The van der Waals surface area contributed by atoms with Crippen LogP contribution in [-0.4, -0.2) is 30.7 Å². The number of fused-ring (bicyclic) bond motifs is 2. The number of benzene rings is 1. The van der Waals surface area contributed by atoms with E-state index in [0.717, 1.165) is 29.8 Å². The number of nitrogens with two attached hydrogens (primary N) is 1. The molecule has 0 bridgehead atoms. The van der Waals surface area contributed by atoms with E-state index >= 15 is 0 Å². The average Bonchev–Trinajstić information content (AvgIpc) is 3.06. The zero-order valence-corrected chi connectivity index (χ0v) is 11.8. The molecule has 2 aromatic rings.